The minimum atomic E-state index is -0.524. The van der Waals surface area contributed by atoms with Gasteiger partial charge in [0.15, 0.2) is 11.5 Å². The van der Waals surface area contributed by atoms with Gasteiger partial charge in [-0.1, -0.05) is 38.1 Å². The lowest BCUT2D eigenvalue weighted by atomic mass is 9.87. The zero-order valence-corrected chi connectivity index (χ0v) is 17.8. The highest BCUT2D eigenvalue weighted by Gasteiger charge is 2.37. The summed E-state index contributed by atoms with van der Waals surface area (Å²) < 4.78 is 17.1. The summed E-state index contributed by atoms with van der Waals surface area (Å²) in [6.45, 7) is 5.69. The van der Waals surface area contributed by atoms with E-state index in [0.717, 1.165) is 42.0 Å². The second-order valence-electron chi connectivity index (χ2n) is 8.71. The van der Waals surface area contributed by atoms with Crippen LogP contribution in [0.3, 0.4) is 0 Å². The number of aliphatic hydroxyl groups excluding tert-OH is 1. The average molecular weight is 399 g/mol. The van der Waals surface area contributed by atoms with E-state index in [4.69, 9.17) is 14.2 Å². The summed E-state index contributed by atoms with van der Waals surface area (Å²) in [5, 5.41) is 11.0. The summed E-state index contributed by atoms with van der Waals surface area (Å²) >= 11 is 0. The second kappa shape index (κ2) is 8.25. The van der Waals surface area contributed by atoms with Crippen LogP contribution in [0.25, 0.3) is 0 Å². The van der Waals surface area contributed by atoms with E-state index < -0.39 is 6.10 Å². The predicted molar refractivity (Wildman–Crippen MR) is 112 cm³/mol. The number of aliphatic hydroxyl groups is 1. The minimum absolute atomic E-state index is 0.133. The molecule has 4 rings (SSSR count). The number of hydrogen-bond donors (Lipinski definition) is 2. The highest BCUT2D eigenvalue weighted by Crippen LogP contribution is 2.48. The Kier molecular flexibility index (Phi) is 5.70. The second-order valence-corrected chi connectivity index (χ2v) is 8.71. The standard InChI is InChI=1S/C24H31NO4/c1-15(2)11-16-5-7-17(8-6-16)20(26)13-19-22-18(9-10-25(19)3)12-21-23(24(22)27-4)29-14-28-21/h5-8,12,15,19-20,26H,9-11,13-14H2,1-4H3/p+1/t19-,20-/m0/s1. The van der Waals surface area contributed by atoms with Crippen LogP contribution < -0.4 is 19.1 Å². The van der Waals surface area contributed by atoms with E-state index in [0.29, 0.717) is 18.1 Å². The van der Waals surface area contributed by atoms with Gasteiger partial charge in [0, 0.05) is 12.8 Å². The monoisotopic (exact) mass is 398 g/mol. The number of ether oxygens (including phenoxy) is 3. The third-order valence-electron chi connectivity index (χ3n) is 6.15. The van der Waals surface area contributed by atoms with E-state index in [-0.39, 0.29) is 12.8 Å². The van der Waals surface area contributed by atoms with E-state index in [2.05, 4.69) is 51.2 Å². The van der Waals surface area contributed by atoms with Crippen molar-refractivity contribution in [3.05, 3.63) is 52.6 Å². The van der Waals surface area contributed by atoms with Gasteiger partial charge in [0.05, 0.1) is 32.4 Å². The van der Waals surface area contributed by atoms with Gasteiger partial charge < -0.3 is 24.2 Å². The van der Waals surface area contributed by atoms with Crippen LogP contribution >= 0.6 is 0 Å². The van der Waals surface area contributed by atoms with Crippen LogP contribution in [0.4, 0.5) is 0 Å². The Morgan fingerprint density at radius 2 is 1.97 bits per heavy atom. The van der Waals surface area contributed by atoms with Crippen molar-refractivity contribution in [1.82, 2.24) is 0 Å². The van der Waals surface area contributed by atoms with Crippen molar-refractivity contribution in [2.75, 3.05) is 27.5 Å². The number of likely N-dealkylation sites (N-methyl/N-ethyl adjacent to an activating group) is 1. The highest BCUT2D eigenvalue weighted by molar-refractivity contribution is 5.61. The Hall–Kier alpha value is -2.24. The Bertz CT molecular complexity index is 862. The van der Waals surface area contributed by atoms with E-state index in [1.807, 2.05) is 0 Å². The predicted octanol–water partition coefficient (Wildman–Crippen LogP) is 2.86. The Morgan fingerprint density at radius 1 is 1.21 bits per heavy atom. The largest absolute Gasteiger partial charge is 0.492 e. The van der Waals surface area contributed by atoms with Crippen LogP contribution in [0.15, 0.2) is 30.3 Å². The molecule has 0 saturated carbocycles. The lowest BCUT2D eigenvalue weighted by Gasteiger charge is -2.34. The summed E-state index contributed by atoms with van der Waals surface area (Å²) in [7, 11) is 3.87. The van der Waals surface area contributed by atoms with E-state index in [1.165, 1.54) is 16.0 Å². The molecule has 0 aromatic heterocycles. The van der Waals surface area contributed by atoms with Crippen molar-refractivity contribution in [2.24, 2.45) is 5.92 Å². The summed E-state index contributed by atoms with van der Waals surface area (Å²) in [6.07, 6.45) is 2.14. The van der Waals surface area contributed by atoms with Crippen LogP contribution in [-0.2, 0) is 12.8 Å². The lowest BCUT2D eigenvalue weighted by Crippen LogP contribution is -3.10. The lowest BCUT2D eigenvalue weighted by molar-refractivity contribution is -0.915. The average Bonchev–Trinajstić information content (AvgIpc) is 3.16. The first-order valence-corrected chi connectivity index (χ1v) is 10.6. The van der Waals surface area contributed by atoms with Gasteiger partial charge in [-0.25, -0.2) is 0 Å². The number of benzene rings is 2. The molecule has 0 fully saturated rings. The summed E-state index contributed by atoms with van der Waals surface area (Å²) in [5.74, 6) is 2.85. The molecule has 2 heterocycles. The fourth-order valence-electron chi connectivity index (χ4n) is 4.65. The molecule has 5 heteroatoms. The number of methoxy groups -OCH3 is 1. The quantitative estimate of drug-likeness (QED) is 0.786. The van der Waals surface area contributed by atoms with Gasteiger partial charge >= 0.3 is 0 Å². The maximum absolute atomic E-state index is 11.0. The van der Waals surface area contributed by atoms with Gasteiger partial charge in [-0.15, -0.1) is 0 Å². The molecule has 2 N–H and O–H groups in total. The zero-order chi connectivity index (χ0) is 20.5. The molecule has 29 heavy (non-hydrogen) atoms. The van der Waals surface area contributed by atoms with Gasteiger partial charge in [0.2, 0.25) is 12.5 Å². The molecule has 0 saturated heterocycles. The summed E-state index contributed by atoms with van der Waals surface area (Å²) in [6, 6.07) is 10.6. The molecule has 2 aromatic carbocycles. The van der Waals surface area contributed by atoms with Crippen LogP contribution in [0.2, 0.25) is 0 Å². The molecule has 0 aliphatic carbocycles. The Morgan fingerprint density at radius 3 is 2.66 bits per heavy atom. The van der Waals surface area contributed by atoms with Crippen molar-refractivity contribution in [1.29, 1.82) is 0 Å². The SMILES string of the molecule is COc1c2c(cc3c1[C@H](C[C@H](O)c1ccc(CC(C)C)cc1)[NH+](C)CC3)OCO2. The van der Waals surface area contributed by atoms with E-state index in [9.17, 15) is 5.11 Å². The first-order chi connectivity index (χ1) is 14.0. The smallest absolute Gasteiger partial charge is 0.231 e. The molecule has 0 bridgehead atoms. The molecule has 2 aromatic rings. The molecule has 3 atom stereocenters. The maximum Gasteiger partial charge on any atom is 0.231 e. The minimum Gasteiger partial charge on any atom is -0.492 e. The molecule has 2 aliphatic rings. The van der Waals surface area contributed by atoms with E-state index >= 15 is 0 Å². The van der Waals surface area contributed by atoms with Gasteiger partial charge in [-0.2, -0.15) is 0 Å². The maximum atomic E-state index is 11.0. The number of rotatable bonds is 6. The molecular weight excluding hydrogens is 366 g/mol. The van der Waals surface area contributed by atoms with Gasteiger partial charge in [-0.05, 0) is 35.1 Å². The van der Waals surface area contributed by atoms with Gasteiger partial charge in [-0.3, -0.25) is 0 Å². The molecule has 0 amide bonds. The van der Waals surface area contributed by atoms with Crippen LogP contribution in [-0.4, -0.2) is 32.6 Å². The molecular formula is C24H32NO4+. The Labute approximate surface area is 173 Å². The van der Waals surface area contributed by atoms with Crippen molar-refractivity contribution in [3.8, 4) is 17.2 Å². The van der Waals surface area contributed by atoms with Crippen LogP contribution in [0.5, 0.6) is 17.2 Å². The van der Waals surface area contributed by atoms with Crippen LogP contribution in [0.1, 0.15) is 54.7 Å². The van der Waals surface area contributed by atoms with Gasteiger partial charge in [0.1, 0.15) is 6.04 Å². The van der Waals surface area contributed by atoms with Crippen molar-refractivity contribution < 1.29 is 24.2 Å². The first-order valence-electron chi connectivity index (χ1n) is 10.6. The molecule has 2 aliphatic heterocycles. The number of hydrogen-bond acceptors (Lipinski definition) is 4. The molecule has 1 unspecified atom stereocenters. The van der Waals surface area contributed by atoms with Crippen LogP contribution in [0, 0.1) is 5.92 Å². The molecule has 0 spiro atoms. The highest BCUT2D eigenvalue weighted by atomic mass is 16.7. The number of quaternary nitrogens is 1. The third kappa shape index (κ3) is 3.94. The van der Waals surface area contributed by atoms with Gasteiger partial charge in [0.25, 0.3) is 0 Å². The molecule has 0 radical (unpaired) electrons. The summed E-state index contributed by atoms with van der Waals surface area (Å²) in [5.41, 5.74) is 4.67. The normalized spacial score (nSPS) is 21.2. The van der Waals surface area contributed by atoms with Crippen molar-refractivity contribution in [2.45, 2.75) is 45.3 Å². The van der Waals surface area contributed by atoms with E-state index in [1.54, 1.807) is 7.11 Å². The third-order valence-corrected chi connectivity index (χ3v) is 6.15. The van der Waals surface area contributed by atoms with Crippen molar-refractivity contribution in [3.63, 3.8) is 0 Å². The summed E-state index contributed by atoms with van der Waals surface area (Å²) in [4.78, 5) is 1.38. The number of nitrogens with one attached hydrogen (secondary N) is 1. The zero-order valence-electron chi connectivity index (χ0n) is 17.8. The number of fused-ring (bicyclic) bond motifs is 2. The van der Waals surface area contributed by atoms with Crippen molar-refractivity contribution >= 4 is 0 Å². The first kappa shape index (κ1) is 20.0. The molecule has 156 valence electrons. The topological polar surface area (TPSA) is 52.4 Å². The Balaban J connectivity index is 1.61. The fraction of sp³-hybridized carbons (Fsp3) is 0.500. The molecule has 5 nitrogen and oxygen atoms in total. The fourth-order valence-corrected chi connectivity index (χ4v) is 4.65.